The molecule has 1 unspecified atom stereocenters. The molecule has 0 aromatic heterocycles. The first kappa shape index (κ1) is 15.3. The van der Waals surface area contributed by atoms with Gasteiger partial charge in [-0.25, -0.2) is 0 Å². The Morgan fingerprint density at radius 2 is 2.10 bits per heavy atom. The van der Waals surface area contributed by atoms with E-state index in [4.69, 9.17) is 4.74 Å². The summed E-state index contributed by atoms with van der Waals surface area (Å²) in [5.41, 5.74) is 2.01. The van der Waals surface area contributed by atoms with Crippen LogP contribution in [0.1, 0.15) is 36.5 Å². The lowest BCUT2D eigenvalue weighted by Crippen LogP contribution is -2.26. The molecule has 2 nitrogen and oxygen atoms in total. The molecule has 112 valence electrons. The van der Waals surface area contributed by atoms with Crippen LogP contribution < -0.4 is 5.32 Å². The van der Waals surface area contributed by atoms with Gasteiger partial charge in [0.25, 0.3) is 0 Å². The van der Waals surface area contributed by atoms with Crippen molar-refractivity contribution in [3.8, 4) is 0 Å². The fourth-order valence-corrected chi connectivity index (χ4v) is 2.02. The van der Waals surface area contributed by atoms with Gasteiger partial charge >= 0.3 is 6.18 Å². The van der Waals surface area contributed by atoms with E-state index in [1.807, 2.05) is 31.2 Å². The normalized spacial score (nSPS) is 17.2. The van der Waals surface area contributed by atoms with Crippen molar-refractivity contribution in [1.82, 2.24) is 5.32 Å². The largest absolute Gasteiger partial charge is 0.391 e. The van der Waals surface area contributed by atoms with Gasteiger partial charge in [0, 0.05) is 12.6 Å². The molecule has 1 saturated carbocycles. The molecule has 1 aliphatic rings. The van der Waals surface area contributed by atoms with E-state index in [-0.39, 0.29) is 12.7 Å². The number of ether oxygens (including phenoxy) is 1. The highest BCUT2D eigenvalue weighted by Gasteiger charge is 2.28. The molecule has 0 aliphatic heterocycles. The molecule has 2 rings (SSSR count). The number of benzene rings is 1. The molecular weight excluding hydrogens is 267 g/mol. The zero-order valence-electron chi connectivity index (χ0n) is 11.5. The second-order valence-corrected chi connectivity index (χ2v) is 5.32. The topological polar surface area (TPSA) is 21.3 Å². The van der Waals surface area contributed by atoms with Crippen molar-refractivity contribution in [3.05, 3.63) is 35.4 Å². The van der Waals surface area contributed by atoms with E-state index < -0.39 is 12.6 Å². The van der Waals surface area contributed by atoms with Crippen LogP contribution in [-0.2, 0) is 4.74 Å². The Morgan fingerprint density at radius 1 is 1.35 bits per heavy atom. The summed E-state index contributed by atoms with van der Waals surface area (Å²) >= 11 is 0. The van der Waals surface area contributed by atoms with Crippen LogP contribution in [0.25, 0.3) is 0 Å². The second-order valence-electron chi connectivity index (χ2n) is 5.32. The standard InChI is InChI=1S/C15H20F3NO/c1-11-3-2-4-12(9-11)14(10-19-13-5-6-13)20-8-7-15(16,17)18/h2-4,9,13-14,19H,5-8,10H2,1H3. The number of rotatable bonds is 7. The number of aryl methyl sites for hydroxylation is 1. The van der Waals surface area contributed by atoms with Crippen LogP contribution in [-0.4, -0.2) is 25.4 Å². The first-order valence-corrected chi connectivity index (χ1v) is 6.92. The molecule has 1 N–H and O–H groups in total. The molecule has 0 bridgehead atoms. The fourth-order valence-electron chi connectivity index (χ4n) is 2.02. The lowest BCUT2D eigenvalue weighted by Gasteiger charge is -2.20. The minimum Gasteiger partial charge on any atom is -0.372 e. The highest BCUT2D eigenvalue weighted by atomic mass is 19.4. The van der Waals surface area contributed by atoms with Crippen molar-refractivity contribution in [2.24, 2.45) is 0 Å². The summed E-state index contributed by atoms with van der Waals surface area (Å²) in [6.45, 7) is 2.23. The number of hydrogen-bond donors (Lipinski definition) is 1. The van der Waals surface area contributed by atoms with Crippen molar-refractivity contribution in [2.75, 3.05) is 13.2 Å². The summed E-state index contributed by atoms with van der Waals surface area (Å²) in [5.74, 6) is 0. The highest BCUT2D eigenvalue weighted by molar-refractivity contribution is 5.24. The summed E-state index contributed by atoms with van der Waals surface area (Å²) in [5, 5.41) is 3.32. The molecule has 5 heteroatoms. The third kappa shape index (κ3) is 5.51. The molecule has 0 saturated heterocycles. The van der Waals surface area contributed by atoms with E-state index in [0.717, 1.165) is 24.0 Å². The third-order valence-electron chi connectivity index (χ3n) is 3.29. The highest BCUT2D eigenvalue weighted by Crippen LogP contribution is 2.25. The number of alkyl halides is 3. The second kappa shape index (κ2) is 6.59. The molecule has 0 radical (unpaired) electrons. The molecule has 0 amide bonds. The van der Waals surface area contributed by atoms with Crippen molar-refractivity contribution in [1.29, 1.82) is 0 Å². The van der Waals surface area contributed by atoms with E-state index in [1.165, 1.54) is 0 Å². The summed E-state index contributed by atoms with van der Waals surface area (Å²) in [7, 11) is 0. The van der Waals surface area contributed by atoms with Gasteiger partial charge in [-0.1, -0.05) is 29.8 Å². The zero-order valence-corrected chi connectivity index (χ0v) is 11.5. The first-order chi connectivity index (χ1) is 9.44. The van der Waals surface area contributed by atoms with Crippen LogP contribution in [0.15, 0.2) is 24.3 Å². The molecule has 20 heavy (non-hydrogen) atoms. The smallest absolute Gasteiger partial charge is 0.372 e. The van der Waals surface area contributed by atoms with E-state index in [2.05, 4.69) is 5.32 Å². The van der Waals surface area contributed by atoms with E-state index in [0.29, 0.717) is 12.6 Å². The number of hydrogen-bond acceptors (Lipinski definition) is 2. The lowest BCUT2D eigenvalue weighted by molar-refractivity contribution is -0.149. The van der Waals surface area contributed by atoms with Crippen LogP contribution >= 0.6 is 0 Å². The monoisotopic (exact) mass is 287 g/mol. The molecule has 0 heterocycles. The van der Waals surface area contributed by atoms with E-state index in [9.17, 15) is 13.2 Å². The quantitative estimate of drug-likeness (QED) is 0.824. The number of halogens is 3. The molecule has 1 aliphatic carbocycles. The Bertz CT molecular complexity index is 429. The minimum atomic E-state index is -4.17. The van der Waals surface area contributed by atoms with Crippen molar-refractivity contribution >= 4 is 0 Å². The molecule has 1 aromatic carbocycles. The Labute approximate surface area is 117 Å². The molecule has 1 aromatic rings. The third-order valence-corrected chi connectivity index (χ3v) is 3.29. The van der Waals surface area contributed by atoms with E-state index in [1.54, 1.807) is 0 Å². The zero-order chi connectivity index (χ0) is 14.6. The van der Waals surface area contributed by atoms with Gasteiger partial charge in [0.1, 0.15) is 0 Å². The van der Waals surface area contributed by atoms with Gasteiger partial charge in [-0.05, 0) is 25.3 Å². The summed E-state index contributed by atoms with van der Waals surface area (Å²) in [4.78, 5) is 0. The maximum Gasteiger partial charge on any atom is 0.391 e. The summed E-state index contributed by atoms with van der Waals surface area (Å²) in [6.07, 6.45) is -3.11. The Morgan fingerprint density at radius 3 is 2.70 bits per heavy atom. The van der Waals surface area contributed by atoms with Crippen molar-refractivity contribution in [3.63, 3.8) is 0 Å². The average molecular weight is 287 g/mol. The molecule has 1 fully saturated rings. The summed E-state index contributed by atoms with van der Waals surface area (Å²) in [6, 6.07) is 8.24. The van der Waals surface area contributed by atoms with Gasteiger partial charge in [-0.3, -0.25) is 0 Å². The maximum atomic E-state index is 12.2. The van der Waals surface area contributed by atoms with Crippen LogP contribution in [0.2, 0.25) is 0 Å². The van der Waals surface area contributed by atoms with Crippen LogP contribution in [0.4, 0.5) is 13.2 Å². The lowest BCUT2D eigenvalue weighted by atomic mass is 10.1. The van der Waals surface area contributed by atoms with Gasteiger partial charge in [0.2, 0.25) is 0 Å². The van der Waals surface area contributed by atoms with Gasteiger partial charge in [0.05, 0.1) is 19.1 Å². The first-order valence-electron chi connectivity index (χ1n) is 6.92. The van der Waals surface area contributed by atoms with Crippen LogP contribution in [0.5, 0.6) is 0 Å². The molecular formula is C15H20F3NO. The predicted octanol–water partition coefficient (Wildman–Crippen LogP) is 3.76. The SMILES string of the molecule is Cc1cccc(C(CNC2CC2)OCCC(F)(F)F)c1. The molecule has 1 atom stereocenters. The van der Waals surface area contributed by atoms with Crippen molar-refractivity contribution < 1.29 is 17.9 Å². The van der Waals surface area contributed by atoms with Gasteiger partial charge < -0.3 is 10.1 Å². The Hall–Kier alpha value is -1.07. The average Bonchev–Trinajstić information content (AvgIpc) is 3.16. The molecule has 0 spiro atoms. The maximum absolute atomic E-state index is 12.2. The fraction of sp³-hybridized carbons (Fsp3) is 0.600. The Balaban J connectivity index is 1.92. The van der Waals surface area contributed by atoms with E-state index >= 15 is 0 Å². The van der Waals surface area contributed by atoms with Crippen molar-refractivity contribution in [2.45, 2.75) is 44.5 Å². The van der Waals surface area contributed by atoms with Crippen LogP contribution in [0.3, 0.4) is 0 Å². The number of nitrogens with one attached hydrogen (secondary N) is 1. The van der Waals surface area contributed by atoms with Gasteiger partial charge in [-0.2, -0.15) is 13.2 Å². The van der Waals surface area contributed by atoms with Gasteiger partial charge in [-0.15, -0.1) is 0 Å². The summed E-state index contributed by atoms with van der Waals surface area (Å²) < 4.78 is 42.1. The van der Waals surface area contributed by atoms with Gasteiger partial charge in [0.15, 0.2) is 0 Å². The predicted molar refractivity (Wildman–Crippen MR) is 71.6 cm³/mol. The minimum absolute atomic E-state index is 0.297. The Kier molecular flexibility index (Phi) is 5.05. The van der Waals surface area contributed by atoms with Crippen LogP contribution in [0, 0.1) is 6.92 Å².